The average molecular weight is 265 g/mol. The molecule has 2 aliphatic heterocycles. The van der Waals surface area contributed by atoms with Gasteiger partial charge in [0.1, 0.15) is 5.41 Å². The minimum atomic E-state index is -0.852. The van der Waals surface area contributed by atoms with Crippen molar-refractivity contribution in [3.05, 3.63) is 0 Å². The van der Waals surface area contributed by atoms with Gasteiger partial charge in [0.2, 0.25) is 5.91 Å². The fourth-order valence-corrected chi connectivity index (χ4v) is 3.04. The highest BCUT2D eigenvalue weighted by Gasteiger charge is 2.44. The molecule has 0 aromatic rings. The third-order valence-corrected chi connectivity index (χ3v) is 4.28. The Morgan fingerprint density at radius 2 is 2.05 bits per heavy atom. The number of carbonyl (C=O) groups is 1. The van der Waals surface area contributed by atoms with E-state index in [2.05, 4.69) is 24.9 Å². The molecule has 106 valence electrons. The van der Waals surface area contributed by atoms with Crippen LogP contribution < -0.4 is 0 Å². The van der Waals surface area contributed by atoms with Crippen LogP contribution >= 0.6 is 0 Å². The molecule has 5 nitrogen and oxygen atoms in total. The van der Waals surface area contributed by atoms with Gasteiger partial charge in [0.25, 0.3) is 0 Å². The summed E-state index contributed by atoms with van der Waals surface area (Å²) in [5.74, 6) is 0.0149. The summed E-state index contributed by atoms with van der Waals surface area (Å²) in [7, 11) is 2.08. The van der Waals surface area contributed by atoms with Crippen molar-refractivity contribution in [3.8, 4) is 6.07 Å². The maximum atomic E-state index is 12.8. The zero-order chi connectivity index (χ0) is 13.9. The highest BCUT2D eigenvalue weighted by atomic mass is 16.5. The second-order valence-electron chi connectivity index (χ2n) is 5.77. The molecule has 0 radical (unpaired) electrons. The lowest BCUT2D eigenvalue weighted by Gasteiger charge is -2.37. The Morgan fingerprint density at radius 3 is 2.68 bits per heavy atom. The van der Waals surface area contributed by atoms with Gasteiger partial charge in [0.15, 0.2) is 0 Å². The van der Waals surface area contributed by atoms with Crippen molar-refractivity contribution in [2.75, 3.05) is 39.9 Å². The lowest BCUT2D eigenvalue weighted by atomic mass is 9.80. The number of amides is 1. The first-order valence-corrected chi connectivity index (χ1v) is 7.08. The molecular formula is C14H23N3O2. The molecule has 0 saturated carbocycles. The standard InChI is InChI=1S/C14H23N3O2/c1-12-10-16(2)6-3-7-17(12)13(18)14(11-15)4-8-19-9-5-14/h12H,3-10H2,1-2H3. The quantitative estimate of drug-likeness (QED) is 0.705. The molecule has 1 atom stereocenters. The van der Waals surface area contributed by atoms with E-state index in [0.29, 0.717) is 26.1 Å². The van der Waals surface area contributed by atoms with Gasteiger partial charge in [-0.3, -0.25) is 4.79 Å². The highest BCUT2D eigenvalue weighted by molar-refractivity contribution is 5.86. The van der Waals surface area contributed by atoms with Gasteiger partial charge in [0, 0.05) is 32.3 Å². The Labute approximate surface area is 115 Å². The summed E-state index contributed by atoms with van der Waals surface area (Å²) >= 11 is 0. The van der Waals surface area contributed by atoms with Gasteiger partial charge in [-0.05, 0) is 39.8 Å². The largest absolute Gasteiger partial charge is 0.381 e. The summed E-state index contributed by atoms with van der Waals surface area (Å²) in [6.45, 7) is 5.75. The van der Waals surface area contributed by atoms with Crippen LogP contribution in [-0.4, -0.2) is 61.6 Å². The maximum Gasteiger partial charge on any atom is 0.243 e. The minimum absolute atomic E-state index is 0.0149. The van der Waals surface area contributed by atoms with Crippen LogP contribution in [0.25, 0.3) is 0 Å². The molecule has 0 aromatic carbocycles. The number of nitriles is 1. The predicted molar refractivity (Wildman–Crippen MR) is 71.4 cm³/mol. The fourth-order valence-electron chi connectivity index (χ4n) is 3.04. The Kier molecular flexibility index (Phi) is 4.43. The van der Waals surface area contributed by atoms with Crippen molar-refractivity contribution in [1.29, 1.82) is 5.26 Å². The van der Waals surface area contributed by atoms with Crippen molar-refractivity contribution in [2.45, 2.75) is 32.2 Å². The van der Waals surface area contributed by atoms with E-state index in [-0.39, 0.29) is 11.9 Å². The Bertz CT molecular complexity index is 371. The number of likely N-dealkylation sites (N-methyl/N-ethyl adjacent to an activating group) is 1. The summed E-state index contributed by atoms with van der Waals surface area (Å²) < 4.78 is 5.30. The monoisotopic (exact) mass is 265 g/mol. The molecule has 2 heterocycles. The van der Waals surface area contributed by atoms with Crippen LogP contribution in [0.1, 0.15) is 26.2 Å². The number of rotatable bonds is 1. The third-order valence-electron chi connectivity index (χ3n) is 4.28. The van der Waals surface area contributed by atoms with Gasteiger partial charge in [-0.25, -0.2) is 0 Å². The molecule has 19 heavy (non-hydrogen) atoms. The summed E-state index contributed by atoms with van der Waals surface area (Å²) in [5.41, 5.74) is -0.852. The number of hydrogen-bond donors (Lipinski definition) is 0. The number of nitrogens with zero attached hydrogens (tertiary/aromatic N) is 3. The molecule has 1 amide bonds. The zero-order valence-corrected chi connectivity index (χ0v) is 11.9. The lowest BCUT2D eigenvalue weighted by Crippen LogP contribution is -2.50. The van der Waals surface area contributed by atoms with Crippen molar-refractivity contribution >= 4 is 5.91 Å². The predicted octanol–water partition coefficient (Wildman–Crippen LogP) is 0.859. The van der Waals surface area contributed by atoms with E-state index in [0.717, 1.165) is 26.1 Å². The summed E-state index contributed by atoms with van der Waals surface area (Å²) in [6, 6.07) is 2.46. The molecular weight excluding hydrogens is 242 g/mol. The Balaban J connectivity index is 2.15. The molecule has 1 unspecified atom stereocenters. The fraction of sp³-hybridized carbons (Fsp3) is 0.857. The van der Waals surface area contributed by atoms with Gasteiger partial charge < -0.3 is 14.5 Å². The maximum absolute atomic E-state index is 12.8. The highest BCUT2D eigenvalue weighted by Crippen LogP contribution is 2.33. The van der Waals surface area contributed by atoms with E-state index in [1.807, 2.05) is 4.90 Å². The summed E-state index contributed by atoms with van der Waals surface area (Å²) in [4.78, 5) is 17.0. The first kappa shape index (κ1) is 14.3. The molecule has 2 fully saturated rings. The van der Waals surface area contributed by atoms with Crippen molar-refractivity contribution < 1.29 is 9.53 Å². The zero-order valence-electron chi connectivity index (χ0n) is 11.9. The van der Waals surface area contributed by atoms with E-state index < -0.39 is 5.41 Å². The molecule has 2 saturated heterocycles. The van der Waals surface area contributed by atoms with E-state index in [1.165, 1.54) is 0 Å². The van der Waals surface area contributed by atoms with Crippen LogP contribution in [0, 0.1) is 16.7 Å². The van der Waals surface area contributed by atoms with Crippen LogP contribution in [0.4, 0.5) is 0 Å². The van der Waals surface area contributed by atoms with Gasteiger partial charge in [-0.1, -0.05) is 0 Å². The van der Waals surface area contributed by atoms with Crippen molar-refractivity contribution in [3.63, 3.8) is 0 Å². The Morgan fingerprint density at radius 1 is 1.37 bits per heavy atom. The van der Waals surface area contributed by atoms with Gasteiger partial charge in [-0.2, -0.15) is 5.26 Å². The molecule has 0 aliphatic carbocycles. The average Bonchev–Trinajstić information content (AvgIpc) is 2.59. The molecule has 0 N–H and O–H groups in total. The van der Waals surface area contributed by atoms with Crippen molar-refractivity contribution in [1.82, 2.24) is 9.80 Å². The van der Waals surface area contributed by atoms with Gasteiger partial charge in [-0.15, -0.1) is 0 Å². The van der Waals surface area contributed by atoms with Gasteiger partial charge >= 0.3 is 0 Å². The van der Waals surface area contributed by atoms with Gasteiger partial charge in [0.05, 0.1) is 6.07 Å². The second kappa shape index (κ2) is 5.89. The van der Waals surface area contributed by atoms with E-state index in [4.69, 9.17) is 4.74 Å². The third kappa shape index (κ3) is 2.90. The van der Waals surface area contributed by atoms with E-state index >= 15 is 0 Å². The number of hydrogen-bond acceptors (Lipinski definition) is 4. The lowest BCUT2D eigenvalue weighted by molar-refractivity contribution is -0.145. The Hall–Kier alpha value is -1.12. The smallest absolute Gasteiger partial charge is 0.243 e. The normalized spacial score (nSPS) is 28.5. The van der Waals surface area contributed by atoms with Crippen LogP contribution in [0.5, 0.6) is 0 Å². The van der Waals surface area contributed by atoms with E-state index in [9.17, 15) is 10.1 Å². The topological polar surface area (TPSA) is 56.6 Å². The minimum Gasteiger partial charge on any atom is -0.381 e. The number of ether oxygens (including phenoxy) is 1. The first-order valence-electron chi connectivity index (χ1n) is 7.08. The van der Waals surface area contributed by atoms with Crippen molar-refractivity contribution in [2.24, 2.45) is 5.41 Å². The van der Waals surface area contributed by atoms with E-state index in [1.54, 1.807) is 0 Å². The van der Waals surface area contributed by atoms with Crippen LogP contribution in [0.2, 0.25) is 0 Å². The summed E-state index contributed by atoms with van der Waals surface area (Å²) in [6.07, 6.45) is 2.04. The molecule has 0 aromatic heterocycles. The molecule has 0 spiro atoms. The summed E-state index contributed by atoms with van der Waals surface area (Å²) in [5, 5.41) is 9.49. The molecule has 0 bridgehead atoms. The van der Waals surface area contributed by atoms with Crippen LogP contribution in [0.3, 0.4) is 0 Å². The molecule has 2 rings (SSSR count). The SMILES string of the molecule is CC1CN(C)CCCN1C(=O)C1(C#N)CCOCC1. The molecule has 2 aliphatic rings. The van der Waals surface area contributed by atoms with Crippen LogP contribution in [0.15, 0.2) is 0 Å². The first-order chi connectivity index (χ1) is 9.09. The number of carbonyl (C=O) groups excluding carboxylic acids is 1. The van der Waals surface area contributed by atoms with Crippen LogP contribution in [-0.2, 0) is 9.53 Å². The molecule has 5 heteroatoms. The second-order valence-corrected chi connectivity index (χ2v) is 5.77.